The Labute approximate surface area is 168 Å². The molecule has 1 aromatic heterocycles. The van der Waals surface area contributed by atoms with Crippen LogP contribution in [0, 0.1) is 5.82 Å². The highest BCUT2D eigenvalue weighted by atomic mass is 35.5. The number of benzene rings is 2. The van der Waals surface area contributed by atoms with Crippen molar-refractivity contribution < 1.29 is 13.9 Å². The molecule has 3 aromatic rings. The predicted octanol–water partition coefficient (Wildman–Crippen LogP) is 5.03. The van der Waals surface area contributed by atoms with Crippen LogP contribution in [-0.2, 0) is 13.1 Å². The first kappa shape index (κ1) is 20.0. The van der Waals surface area contributed by atoms with E-state index in [-0.39, 0.29) is 16.3 Å². The SMILES string of the molecule is CCn1c(-c2ccc(Oc3cc(Cl)cc(F)c3C=O)cc2)cnc1CN(C)C. The second kappa shape index (κ2) is 8.54. The zero-order chi connectivity index (χ0) is 20.3. The molecule has 3 rings (SSSR count). The Balaban J connectivity index is 1.87. The molecule has 0 radical (unpaired) electrons. The molecule has 0 saturated carbocycles. The Hall–Kier alpha value is -2.70. The molecule has 28 heavy (non-hydrogen) atoms. The van der Waals surface area contributed by atoms with Crippen LogP contribution < -0.4 is 4.74 Å². The van der Waals surface area contributed by atoms with Gasteiger partial charge in [-0.25, -0.2) is 9.37 Å². The number of carbonyl (C=O) groups excluding carboxylic acids is 1. The third kappa shape index (κ3) is 4.24. The first-order chi connectivity index (χ1) is 13.4. The Kier molecular flexibility index (Phi) is 6.11. The first-order valence-electron chi connectivity index (χ1n) is 8.84. The van der Waals surface area contributed by atoms with Crippen LogP contribution in [0.3, 0.4) is 0 Å². The van der Waals surface area contributed by atoms with Crippen LogP contribution in [0.5, 0.6) is 11.5 Å². The minimum atomic E-state index is -0.714. The van der Waals surface area contributed by atoms with Gasteiger partial charge in [-0.1, -0.05) is 11.6 Å². The van der Waals surface area contributed by atoms with E-state index >= 15 is 0 Å². The number of carbonyl (C=O) groups is 1. The molecule has 0 aliphatic rings. The number of hydrogen-bond acceptors (Lipinski definition) is 4. The van der Waals surface area contributed by atoms with E-state index in [0.717, 1.165) is 36.2 Å². The number of halogens is 2. The minimum Gasteiger partial charge on any atom is -0.456 e. The molecule has 0 saturated heterocycles. The highest BCUT2D eigenvalue weighted by molar-refractivity contribution is 6.30. The van der Waals surface area contributed by atoms with Gasteiger partial charge in [0.1, 0.15) is 23.1 Å². The van der Waals surface area contributed by atoms with Crippen molar-refractivity contribution in [1.29, 1.82) is 0 Å². The molecular formula is C21H21ClFN3O2. The van der Waals surface area contributed by atoms with Crippen LogP contribution in [0.4, 0.5) is 4.39 Å². The van der Waals surface area contributed by atoms with Crippen LogP contribution in [0.25, 0.3) is 11.3 Å². The molecular weight excluding hydrogens is 381 g/mol. The summed E-state index contributed by atoms with van der Waals surface area (Å²) in [6.07, 6.45) is 2.27. The Morgan fingerprint density at radius 3 is 2.57 bits per heavy atom. The maximum absolute atomic E-state index is 13.9. The average molecular weight is 402 g/mol. The molecule has 146 valence electrons. The van der Waals surface area contributed by atoms with Gasteiger partial charge in [-0.2, -0.15) is 0 Å². The number of imidazole rings is 1. The highest BCUT2D eigenvalue weighted by Gasteiger charge is 2.14. The Bertz CT molecular complexity index is 984. The summed E-state index contributed by atoms with van der Waals surface area (Å²) in [5, 5.41) is 0.162. The maximum Gasteiger partial charge on any atom is 0.156 e. The summed E-state index contributed by atoms with van der Waals surface area (Å²) in [4.78, 5) is 17.8. The van der Waals surface area contributed by atoms with Crippen molar-refractivity contribution in [2.24, 2.45) is 0 Å². The summed E-state index contributed by atoms with van der Waals surface area (Å²) in [5.74, 6) is 0.839. The molecule has 0 atom stereocenters. The molecule has 0 fully saturated rings. The van der Waals surface area contributed by atoms with Crippen molar-refractivity contribution in [2.75, 3.05) is 14.1 Å². The minimum absolute atomic E-state index is 0.0830. The van der Waals surface area contributed by atoms with Gasteiger partial charge in [0, 0.05) is 23.2 Å². The fourth-order valence-electron chi connectivity index (χ4n) is 2.99. The summed E-state index contributed by atoms with van der Waals surface area (Å²) in [6.45, 7) is 3.64. The van der Waals surface area contributed by atoms with E-state index in [0.29, 0.717) is 12.0 Å². The summed E-state index contributed by atoms with van der Waals surface area (Å²) in [5.41, 5.74) is 1.83. The van der Waals surface area contributed by atoms with Gasteiger partial charge in [0.05, 0.1) is 24.0 Å². The number of hydrogen-bond donors (Lipinski definition) is 0. The maximum atomic E-state index is 13.9. The van der Waals surface area contributed by atoms with Crippen LogP contribution >= 0.6 is 11.6 Å². The quantitative estimate of drug-likeness (QED) is 0.521. The molecule has 0 N–H and O–H groups in total. The van der Waals surface area contributed by atoms with E-state index in [4.69, 9.17) is 16.3 Å². The fraction of sp³-hybridized carbons (Fsp3) is 0.238. The topological polar surface area (TPSA) is 47.4 Å². The summed E-state index contributed by atoms with van der Waals surface area (Å²) < 4.78 is 21.7. The Morgan fingerprint density at radius 1 is 1.25 bits per heavy atom. The lowest BCUT2D eigenvalue weighted by Gasteiger charge is -2.13. The zero-order valence-electron chi connectivity index (χ0n) is 15.9. The molecule has 1 heterocycles. The van der Waals surface area contributed by atoms with Gasteiger partial charge >= 0.3 is 0 Å². The van der Waals surface area contributed by atoms with Crippen molar-refractivity contribution in [2.45, 2.75) is 20.0 Å². The molecule has 5 nitrogen and oxygen atoms in total. The largest absolute Gasteiger partial charge is 0.456 e. The van der Waals surface area contributed by atoms with Crippen LogP contribution in [0.15, 0.2) is 42.6 Å². The second-order valence-corrected chi connectivity index (χ2v) is 7.02. The lowest BCUT2D eigenvalue weighted by Crippen LogP contribution is -2.15. The highest BCUT2D eigenvalue weighted by Crippen LogP contribution is 2.31. The molecule has 0 unspecified atom stereocenters. The van der Waals surface area contributed by atoms with Gasteiger partial charge in [-0.3, -0.25) is 4.79 Å². The van der Waals surface area contributed by atoms with Gasteiger partial charge in [0.15, 0.2) is 6.29 Å². The number of ether oxygens (including phenoxy) is 1. The lowest BCUT2D eigenvalue weighted by atomic mass is 10.1. The smallest absolute Gasteiger partial charge is 0.156 e. The molecule has 0 aliphatic heterocycles. The monoisotopic (exact) mass is 401 g/mol. The van der Waals surface area contributed by atoms with Gasteiger partial charge in [-0.05, 0) is 51.4 Å². The van der Waals surface area contributed by atoms with E-state index in [1.165, 1.54) is 6.07 Å². The van der Waals surface area contributed by atoms with Gasteiger partial charge < -0.3 is 14.2 Å². The summed E-state index contributed by atoms with van der Waals surface area (Å²) in [7, 11) is 4.01. The van der Waals surface area contributed by atoms with E-state index in [2.05, 4.69) is 21.4 Å². The third-order valence-corrected chi connectivity index (χ3v) is 4.48. The van der Waals surface area contributed by atoms with Crippen LogP contribution in [-0.4, -0.2) is 34.8 Å². The summed E-state index contributed by atoms with van der Waals surface area (Å²) >= 11 is 5.87. The van der Waals surface area contributed by atoms with E-state index in [1.54, 1.807) is 12.1 Å². The molecule has 0 bridgehead atoms. The van der Waals surface area contributed by atoms with Crippen LogP contribution in [0.1, 0.15) is 23.1 Å². The molecule has 7 heteroatoms. The van der Waals surface area contributed by atoms with Gasteiger partial charge in [0.25, 0.3) is 0 Å². The number of aldehydes is 1. The molecule has 0 spiro atoms. The van der Waals surface area contributed by atoms with Gasteiger partial charge in [-0.15, -0.1) is 0 Å². The number of aromatic nitrogens is 2. The lowest BCUT2D eigenvalue weighted by molar-refractivity contribution is 0.111. The van der Waals surface area contributed by atoms with Crippen molar-refractivity contribution in [1.82, 2.24) is 14.5 Å². The average Bonchev–Trinajstić information content (AvgIpc) is 3.04. The molecule has 2 aromatic carbocycles. The van der Waals surface area contributed by atoms with Crippen molar-refractivity contribution >= 4 is 17.9 Å². The van der Waals surface area contributed by atoms with E-state index in [1.807, 2.05) is 32.4 Å². The predicted molar refractivity (Wildman–Crippen MR) is 108 cm³/mol. The third-order valence-electron chi connectivity index (χ3n) is 4.26. The second-order valence-electron chi connectivity index (χ2n) is 6.59. The van der Waals surface area contributed by atoms with Crippen molar-refractivity contribution in [3.05, 3.63) is 64.8 Å². The molecule has 0 amide bonds. The van der Waals surface area contributed by atoms with E-state index < -0.39 is 5.82 Å². The van der Waals surface area contributed by atoms with E-state index in [9.17, 15) is 9.18 Å². The normalized spacial score (nSPS) is 11.1. The number of rotatable bonds is 7. The first-order valence-corrected chi connectivity index (χ1v) is 9.22. The van der Waals surface area contributed by atoms with Crippen molar-refractivity contribution in [3.8, 4) is 22.8 Å². The van der Waals surface area contributed by atoms with Crippen molar-refractivity contribution in [3.63, 3.8) is 0 Å². The number of nitrogens with zero attached hydrogens (tertiary/aromatic N) is 3. The zero-order valence-corrected chi connectivity index (χ0v) is 16.7. The fourth-order valence-corrected chi connectivity index (χ4v) is 3.18. The standard InChI is InChI=1S/C21H21ClFN3O2/c1-4-26-19(11-24-21(26)12-25(2)3)14-5-7-16(8-6-14)28-20-10-15(22)9-18(23)17(20)13-27/h5-11,13H,4,12H2,1-3H3. The van der Waals surface area contributed by atoms with Crippen LogP contribution in [0.2, 0.25) is 5.02 Å². The Morgan fingerprint density at radius 2 is 1.96 bits per heavy atom. The molecule has 0 aliphatic carbocycles. The summed E-state index contributed by atoms with van der Waals surface area (Å²) in [6, 6.07) is 9.84. The van der Waals surface area contributed by atoms with Gasteiger partial charge in [0.2, 0.25) is 0 Å².